The van der Waals surface area contributed by atoms with Gasteiger partial charge < -0.3 is 5.32 Å². The molecule has 2 heteroatoms. The number of rotatable bonds is 0. The smallest absolute Gasteiger partial charge is 0 e. The molecule has 2 aromatic rings. The van der Waals surface area contributed by atoms with Gasteiger partial charge in [-0.05, 0) is 0 Å². The third-order valence-electron chi connectivity index (χ3n) is 1.69. The van der Waals surface area contributed by atoms with Crippen LogP contribution >= 0.6 is 0 Å². The maximum Gasteiger partial charge on any atom is 0 e. The quantitative estimate of drug-likeness (QED) is 0.458. The normalized spacial score (nSPS) is 7.67. The first kappa shape index (κ1) is 19.4. The molecule has 0 fully saturated rings. The molecule has 0 spiro atoms. The third kappa shape index (κ3) is 13.1. The number of hydrogen-bond donors (Lipinski definition) is 0. The molecule has 2 aromatic carbocycles. The standard InChI is InChI=1S/2C7H7.C2H6N.Hf/c2*1-7-5-3-2-4-6-7;1-3-2;/h2*2-6H,1H2;1-2H3;/q3*-1;. The van der Waals surface area contributed by atoms with Crippen LogP contribution in [-0.4, -0.2) is 14.1 Å². The third-order valence-corrected chi connectivity index (χ3v) is 1.69. The summed E-state index contributed by atoms with van der Waals surface area (Å²) in [5, 5.41) is 3.50. The molecular weight excluding hydrogens is 385 g/mol. The van der Waals surface area contributed by atoms with E-state index in [2.05, 4.69) is 19.2 Å². The summed E-state index contributed by atoms with van der Waals surface area (Å²) >= 11 is 0. The van der Waals surface area contributed by atoms with Gasteiger partial charge in [-0.3, -0.25) is 0 Å². The molecule has 0 radical (unpaired) electrons. The summed E-state index contributed by atoms with van der Waals surface area (Å²) in [6, 6.07) is 19.7. The zero-order valence-corrected chi connectivity index (χ0v) is 14.7. The van der Waals surface area contributed by atoms with Gasteiger partial charge in [0.05, 0.1) is 0 Å². The van der Waals surface area contributed by atoms with E-state index in [1.165, 1.54) is 0 Å². The van der Waals surface area contributed by atoms with Crippen LogP contribution in [-0.2, 0) is 25.8 Å². The fourth-order valence-corrected chi connectivity index (χ4v) is 0.956. The van der Waals surface area contributed by atoms with Crippen molar-refractivity contribution in [2.45, 2.75) is 0 Å². The average Bonchev–Trinajstić information content (AvgIpc) is 2.33. The van der Waals surface area contributed by atoms with Crippen LogP contribution in [0.15, 0.2) is 60.7 Å². The van der Waals surface area contributed by atoms with Crippen LogP contribution in [0.3, 0.4) is 0 Å². The van der Waals surface area contributed by atoms with Crippen molar-refractivity contribution in [3.05, 3.63) is 91.0 Å². The van der Waals surface area contributed by atoms with Gasteiger partial charge in [0.15, 0.2) is 0 Å². The van der Waals surface area contributed by atoms with E-state index in [0.29, 0.717) is 0 Å². The second kappa shape index (κ2) is 14.1. The summed E-state index contributed by atoms with van der Waals surface area (Å²) in [5.41, 5.74) is 2.14. The molecule has 0 aliphatic carbocycles. The Hall–Kier alpha value is -0.990. The Balaban J connectivity index is 0. The largest absolute Gasteiger partial charge is 0.668 e. The maximum absolute atomic E-state index is 3.72. The van der Waals surface area contributed by atoms with E-state index in [0.717, 1.165) is 11.1 Å². The Morgan fingerprint density at radius 2 is 0.889 bits per heavy atom. The van der Waals surface area contributed by atoms with Crippen molar-refractivity contribution in [3.63, 3.8) is 0 Å². The van der Waals surface area contributed by atoms with E-state index in [9.17, 15) is 0 Å². The first-order valence-electron chi connectivity index (χ1n) is 5.42. The summed E-state index contributed by atoms with van der Waals surface area (Å²) in [6.45, 7) is 7.44. The molecule has 0 saturated carbocycles. The number of benzene rings is 2. The van der Waals surface area contributed by atoms with E-state index >= 15 is 0 Å². The average molecular weight is 405 g/mol. The van der Waals surface area contributed by atoms with Gasteiger partial charge in [-0.2, -0.15) is 63.3 Å². The van der Waals surface area contributed by atoms with E-state index in [-0.39, 0.29) is 25.8 Å². The molecule has 2 rings (SSSR count). The van der Waals surface area contributed by atoms with Crippen LogP contribution in [0, 0.1) is 13.8 Å². The molecule has 0 atom stereocenters. The minimum atomic E-state index is 0. The summed E-state index contributed by atoms with van der Waals surface area (Å²) in [7, 11) is 3.50. The van der Waals surface area contributed by atoms with E-state index in [4.69, 9.17) is 0 Å². The monoisotopic (exact) mass is 406 g/mol. The summed E-state index contributed by atoms with van der Waals surface area (Å²) < 4.78 is 0. The molecule has 0 amide bonds. The molecule has 1 nitrogen and oxygen atoms in total. The molecular formula is C16H20HfN-3. The van der Waals surface area contributed by atoms with Crippen LogP contribution in [0.1, 0.15) is 11.1 Å². The molecule has 0 aliphatic heterocycles. The Morgan fingerprint density at radius 1 is 0.667 bits per heavy atom. The van der Waals surface area contributed by atoms with E-state index in [1.54, 1.807) is 14.1 Å². The maximum atomic E-state index is 3.72. The second-order valence-corrected chi connectivity index (χ2v) is 3.42. The van der Waals surface area contributed by atoms with Gasteiger partial charge in [-0.1, -0.05) is 12.1 Å². The summed E-state index contributed by atoms with van der Waals surface area (Å²) in [5.74, 6) is 0. The fourth-order valence-electron chi connectivity index (χ4n) is 0.956. The van der Waals surface area contributed by atoms with Gasteiger partial charge in [0.2, 0.25) is 0 Å². The van der Waals surface area contributed by atoms with Crippen LogP contribution < -0.4 is 0 Å². The van der Waals surface area contributed by atoms with Crippen molar-refractivity contribution in [1.29, 1.82) is 0 Å². The Morgan fingerprint density at radius 3 is 1.00 bits per heavy atom. The number of hydrogen-bond acceptors (Lipinski definition) is 0. The Bertz CT molecular complexity index is 322. The zero-order chi connectivity index (χ0) is 12.9. The van der Waals surface area contributed by atoms with Crippen molar-refractivity contribution < 1.29 is 25.8 Å². The topological polar surface area (TPSA) is 14.1 Å². The SMILES string of the molecule is C[N-]C.[CH2-]c1ccccc1.[CH2-]c1ccccc1.[Hf]. The van der Waals surface area contributed by atoms with Crippen LogP contribution in [0.4, 0.5) is 0 Å². The molecule has 18 heavy (non-hydrogen) atoms. The van der Waals surface area contributed by atoms with Crippen molar-refractivity contribution in [2.24, 2.45) is 0 Å². The molecule has 0 saturated heterocycles. The molecule has 0 aromatic heterocycles. The summed E-state index contributed by atoms with van der Waals surface area (Å²) in [4.78, 5) is 0. The Kier molecular flexibility index (Phi) is 15.1. The van der Waals surface area contributed by atoms with Crippen LogP contribution in [0.5, 0.6) is 0 Å². The van der Waals surface area contributed by atoms with E-state index < -0.39 is 0 Å². The minimum absolute atomic E-state index is 0. The van der Waals surface area contributed by atoms with Gasteiger partial charge in [-0.15, -0.1) is 24.3 Å². The van der Waals surface area contributed by atoms with Gasteiger partial charge in [0.25, 0.3) is 0 Å². The van der Waals surface area contributed by atoms with Gasteiger partial charge in [-0.25, -0.2) is 0 Å². The van der Waals surface area contributed by atoms with Gasteiger partial charge >= 0.3 is 0 Å². The Labute approximate surface area is 130 Å². The molecule has 0 bridgehead atoms. The van der Waals surface area contributed by atoms with Crippen molar-refractivity contribution in [2.75, 3.05) is 14.1 Å². The first-order chi connectivity index (χ1) is 8.20. The predicted octanol–water partition coefficient (Wildman–Crippen LogP) is 4.35. The number of nitrogens with zero attached hydrogens (tertiary/aromatic N) is 1. The van der Waals surface area contributed by atoms with Crippen LogP contribution in [0.25, 0.3) is 5.32 Å². The van der Waals surface area contributed by atoms with Crippen LogP contribution in [0.2, 0.25) is 0 Å². The van der Waals surface area contributed by atoms with Crippen molar-refractivity contribution >= 4 is 0 Å². The first-order valence-corrected chi connectivity index (χ1v) is 5.42. The molecule has 0 aliphatic rings. The minimum Gasteiger partial charge on any atom is -0.668 e. The molecule has 0 heterocycles. The van der Waals surface area contributed by atoms with Gasteiger partial charge in [0.1, 0.15) is 0 Å². The molecule has 96 valence electrons. The predicted molar refractivity (Wildman–Crippen MR) is 77.0 cm³/mol. The van der Waals surface area contributed by atoms with Crippen molar-refractivity contribution in [1.82, 2.24) is 0 Å². The second-order valence-electron chi connectivity index (χ2n) is 3.42. The molecule has 0 unspecified atom stereocenters. The van der Waals surface area contributed by atoms with E-state index in [1.807, 2.05) is 60.7 Å². The zero-order valence-electron chi connectivity index (χ0n) is 11.1. The molecule has 0 N–H and O–H groups in total. The van der Waals surface area contributed by atoms with Crippen molar-refractivity contribution in [3.8, 4) is 0 Å². The summed E-state index contributed by atoms with van der Waals surface area (Å²) in [6.07, 6.45) is 0. The van der Waals surface area contributed by atoms with Gasteiger partial charge in [0, 0.05) is 25.8 Å². The fraction of sp³-hybridized carbons (Fsp3) is 0.125.